The average Bonchev–Trinajstić information content (AvgIpc) is 2.29. The molecule has 0 aromatic heterocycles. The van der Waals surface area contributed by atoms with E-state index in [9.17, 15) is 0 Å². The monoisotopic (exact) mass is 241 g/mol. The fourth-order valence-electron chi connectivity index (χ4n) is 2.43. The minimum absolute atomic E-state index is 0. The summed E-state index contributed by atoms with van der Waals surface area (Å²) in [6.45, 7) is 0. The first-order chi connectivity index (χ1) is 7.29. The van der Waals surface area contributed by atoms with E-state index in [-0.39, 0.29) is 12.4 Å². The smallest absolute Gasteiger partial charge is 0.119 e. The minimum atomic E-state index is 0. The second-order valence-corrected chi connectivity index (χ2v) is 4.40. The number of rotatable bonds is 2. The number of halogens is 1. The molecule has 2 nitrogen and oxygen atoms in total. The van der Waals surface area contributed by atoms with Crippen LogP contribution < -0.4 is 10.5 Å². The lowest BCUT2D eigenvalue weighted by Crippen LogP contribution is -2.26. The van der Waals surface area contributed by atoms with Gasteiger partial charge in [0.25, 0.3) is 0 Å². The molecule has 1 aliphatic rings. The Morgan fingerprint density at radius 3 is 2.81 bits per heavy atom. The fraction of sp³-hybridized carbons (Fsp3) is 0.538. The van der Waals surface area contributed by atoms with Gasteiger partial charge < -0.3 is 10.5 Å². The first-order valence-corrected chi connectivity index (χ1v) is 5.69. The molecular formula is C13H20ClNO. The molecule has 0 radical (unpaired) electrons. The van der Waals surface area contributed by atoms with Crippen LogP contribution >= 0.6 is 12.4 Å². The fourth-order valence-corrected chi connectivity index (χ4v) is 2.43. The molecule has 16 heavy (non-hydrogen) atoms. The maximum Gasteiger partial charge on any atom is 0.119 e. The Hall–Kier alpha value is -0.730. The Labute approximate surface area is 104 Å². The van der Waals surface area contributed by atoms with Crippen molar-refractivity contribution in [2.75, 3.05) is 7.11 Å². The van der Waals surface area contributed by atoms with Crippen LogP contribution in [0.5, 0.6) is 5.75 Å². The van der Waals surface area contributed by atoms with E-state index < -0.39 is 0 Å². The zero-order valence-corrected chi connectivity index (χ0v) is 10.5. The van der Waals surface area contributed by atoms with Crippen molar-refractivity contribution < 1.29 is 4.74 Å². The Balaban J connectivity index is 0.00000128. The van der Waals surface area contributed by atoms with Crippen LogP contribution in [0.2, 0.25) is 0 Å². The highest BCUT2D eigenvalue weighted by atomic mass is 35.5. The van der Waals surface area contributed by atoms with Crippen molar-refractivity contribution in [2.24, 2.45) is 5.73 Å². The van der Waals surface area contributed by atoms with Crippen LogP contribution in [0.4, 0.5) is 0 Å². The molecule has 0 spiro atoms. The molecule has 2 rings (SSSR count). The highest BCUT2D eigenvalue weighted by Gasteiger charge is 2.20. The Morgan fingerprint density at radius 2 is 2.12 bits per heavy atom. The molecule has 90 valence electrons. The van der Waals surface area contributed by atoms with Crippen molar-refractivity contribution in [3.8, 4) is 5.75 Å². The molecule has 1 saturated carbocycles. The summed E-state index contributed by atoms with van der Waals surface area (Å²) >= 11 is 0. The van der Waals surface area contributed by atoms with E-state index in [0.29, 0.717) is 12.0 Å². The van der Waals surface area contributed by atoms with Gasteiger partial charge in [0.15, 0.2) is 0 Å². The van der Waals surface area contributed by atoms with Gasteiger partial charge in [0.05, 0.1) is 7.11 Å². The minimum Gasteiger partial charge on any atom is -0.497 e. The van der Waals surface area contributed by atoms with Crippen molar-refractivity contribution in [3.63, 3.8) is 0 Å². The highest BCUT2D eigenvalue weighted by molar-refractivity contribution is 5.85. The van der Waals surface area contributed by atoms with Crippen LogP contribution in [-0.4, -0.2) is 13.2 Å². The van der Waals surface area contributed by atoms with Crippen molar-refractivity contribution in [1.29, 1.82) is 0 Å². The number of ether oxygens (including phenoxy) is 1. The lowest BCUT2D eigenvalue weighted by molar-refractivity contribution is 0.388. The number of hydrogen-bond donors (Lipinski definition) is 1. The topological polar surface area (TPSA) is 35.2 Å². The van der Waals surface area contributed by atoms with Gasteiger partial charge in [-0.05, 0) is 42.9 Å². The van der Waals surface area contributed by atoms with Gasteiger partial charge in [0.2, 0.25) is 0 Å². The predicted molar refractivity (Wildman–Crippen MR) is 69.4 cm³/mol. The maximum absolute atomic E-state index is 6.00. The molecule has 1 aromatic carbocycles. The summed E-state index contributed by atoms with van der Waals surface area (Å²) in [4.78, 5) is 0. The summed E-state index contributed by atoms with van der Waals surface area (Å²) in [5.74, 6) is 1.58. The molecule has 0 heterocycles. The molecule has 0 bridgehead atoms. The second-order valence-electron chi connectivity index (χ2n) is 4.40. The molecule has 1 aromatic rings. The third-order valence-electron chi connectivity index (χ3n) is 3.28. The lowest BCUT2D eigenvalue weighted by Gasteiger charge is -2.27. The maximum atomic E-state index is 6.00. The third kappa shape index (κ3) is 3.13. The summed E-state index contributed by atoms with van der Waals surface area (Å²) in [5, 5.41) is 0. The van der Waals surface area contributed by atoms with Crippen LogP contribution in [0.15, 0.2) is 24.3 Å². The largest absolute Gasteiger partial charge is 0.497 e. The first-order valence-electron chi connectivity index (χ1n) is 5.69. The third-order valence-corrected chi connectivity index (χ3v) is 3.28. The summed E-state index contributed by atoms with van der Waals surface area (Å²) in [7, 11) is 1.71. The van der Waals surface area contributed by atoms with Gasteiger partial charge >= 0.3 is 0 Å². The molecule has 2 N–H and O–H groups in total. The summed E-state index contributed by atoms with van der Waals surface area (Å²) < 4.78 is 5.24. The SMILES string of the molecule is COc1cccc([C@H]2CCC[C@@H](N)C2)c1.Cl. The molecule has 0 amide bonds. The average molecular weight is 242 g/mol. The van der Waals surface area contributed by atoms with E-state index in [0.717, 1.165) is 12.2 Å². The zero-order valence-electron chi connectivity index (χ0n) is 9.69. The van der Waals surface area contributed by atoms with Crippen molar-refractivity contribution in [3.05, 3.63) is 29.8 Å². The first kappa shape index (κ1) is 13.3. The normalized spacial score (nSPS) is 24.6. The second kappa shape index (κ2) is 6.12. The standard InChI is InChI=1S/C13H19NO.ClH/c1-15-13-7-3-5-11(9-13)10-4-2-6-12(14)8-10;/h3,5,7,9-10,12H,2,4,6,8,14H2,1H3;1H/t10-,12+;/m0./s1. The molecule has 3 heteroatoms. The van der Waals surface area contributed by atoms with Gasteiger partial charge in [-0.1, -0.05) is 18.6 Å². The summed E-state index contributed by atoms with van der Waals surface area (Å²) in [6.07, 6.45) is 4.82. The van der Waals surface area contributed by atoms with Gasteiger partial charge in [-0.25, -0.2) is 0 Å². The Morgan fingerprint density at radius 1 is 1.31 bits per heavy atom. The summed E-state index contributed by atoms with van der Waals surface area (Å²) in [5.41, 5.74) is 7.38. The quantitative estimate of drug-likeness (QED) is 0.864. The Kier molecular flexibility index (Phi) is 5.10. The van der Waals surface area contributed by atoms with E-state index in [1.54, 1.807) is 7.11 Å². The number of benzene rings is 1. The summed E-state index contributed by atoms with van der Waals surface area (Å²) in [6, 6.07) is 8.77. The number of methoxy groups -OCH3 is 1. The van der Waals surface area contributed by atoms with Crippen LogP contribution in [0.25, 0.3) is 0 Å². The molecule has 1 aliphatic carbocycles. The van der Waals surface area contributed by atoms with E-state index in [4.69, 9.17) is 10.5 Å². The molecule has 0 saturated heterocycles. The molecular weight excluding hydrogens is 222 g/mol. The van der Waals surface area contributed by atoms with Gasteiger partial charge in [-0.15, -0.1) is 12.4 Å². The van der Waals surface area contributed by atoms with Crippen LogP contribution in [-0.2, 0) is 0 Å². The van der Waals surface area contributed by atoms with Gasteiger partial charge in [0, 0.05) is 6.04 Å². The van der Waals surface area contributed by atoms with Gasteiger partial charge in [-0.2, -0.15) is 0 Å². The van der Waals surface area contributed by atoms with Crippen molar-refractivity contribution in [1.82, 2.24) is 0 Å². The zero-order chi connectivity index (χ0) is 10.7. The molecule has 0 aliphatic heterocycles. The van der Waals surface area contributed by atoms with E-state index in [1.165, 1.54) is 24.8 Å². The predicted octanol–water partition coefficient (Wildman–Crippen LogP) is 3.10. The van der Waals surface area contributed by atoms with Gasteiger partial charge in [-0.3, -0.25) is 0 Å². The number of nitrogens with two attached hydrogens (primary N) is 1. The number of hydrogen-bond acceptors (Lipinski definition) is 2. The highest BCUT2D eigenvalue weighted by Crippen LogP contribution is 2.33. The van der Waals surface area contributed by atoms with Crippen molar-refractivity contribution in [2.45, 2.75) is 37.6 Å². The van der Waals surface area contributed by atoms with E-state index >= 15 is 0 Å². The van der Waals surface area contributed by atoms with Gasteiger partial charge in [0.1, 0.15) is 5.75 Å². The van der Waals surface area contributed by atoms with E-state index in [1.807, 2.05) is 6.07 Å². The lowest BCUT2D eigenvalue weighted by atomic mass is 9.82. The Bertz CT molecular complexity index is 329. The molecule has 1 fully saturated rings. The van der Waals surface area contributed by atoms with Crippen LogP contribution in [0.3, 0.4) is 0 Å². The molecule has 0 unspecified atom stereocenters. The van der Waals surface area contributed by atoms with Crippen molar-refractivity contribution >= 4 is 12.4 Å². The van der Waals surface area contributed by atoms with E-state index in [2.05, 4.69) is 18.2 Å². The van der Waals surface area contributed by atoms with Crippen LogP contribution in [0, 0.1) is 0 Å². The van der Waals surface area contributed by atoms with Crippen LogP contribution in [0.1, 0.15) is 37.2 Å². The molecule has 2 atom stereocenters.